The summed E-state index contributed by atoms with van der Waals surface area (Å²) in [5, 5.41) is 0. The summed E-state index contributed by atoms with van der Waals surface area (Å²) in [7, 11) is 2.14. The van der Waals surface area contributed by atoms with E-state index < -0.39 is 0 Å². The van der Waals surface area contributed by atoms with Gasteiger partial charge in [-0.2, -0.15) is 0 Å². The summed E-state index contributed by atoms with van der Waals surface area (Å²) in [6, 6.07) is 7.66. The molecule has 1 heterocycles. The number of hydrogen-bond donors (Lipinski definition) is 1. The lowest BCUT2D eigenvalue weighted by atomic mass is 10.2. The van der Waals surface area contributed by atoms with Gasteiger partial charge in [-0.1, -0.05) is 12.1 Å². The van der Waals surface area contributed by atoms with E-state index in [4.69, 9.17) is 9.47 Å². The lowest BCUT2D eigenvalue weighted by Crippen LogP contribution is -3.15. The van der Waals surface area contributed by atoms with Gasteiger partial charge in [0.15, 0.2) is 6.61 Å². The Bertz CT molecular complexity index is 485. The molecule has 22 heavy (non-hydrogen) atoms. The highest BCUT2D eigenvalue weighted by atomic mass is 16.6. The zero-order chi connectivity index (χ0) is 15.9. The molecule has 0 aliphatic carbocycles. The number of nitrogens with zero attached hydrogens (tertiary/aromatic N) is 1. The molecule has 5 nitrogen and oxygen atoms in total. The third-order valence-corrected chi connectivity index (χ3v) is 3.95. The van der Waals surface area contributed by atoms with E-state index in [0.29, 0.717) is 5.75 Å². The van der Waals surface area contributed by atoms with Crippen LogP contribution in [0.3, 0.4) is 0 Å². The maximum absolute atomic E-state index is 11.8. The number of esters is 1. The van der Waals surface area contributed by atoms with Crippen molar-refractivity contribution in [1.29, 1.82) is 0 Å². The largest absolute Gasteiger partial charge is 0.482 e. The molecular weight excluding hydrogens is 280 g/mol. The van der Waals surface area contributed by atoms with E-state index >= 15 is 0 Å². The minimum atomic E-state index is -0.303. The molecule has 0 amide bonds. The van der Waals surface area contributed by atoms with Crippen LogP contribution in [0.5, 0.6) is 5.75 Å². The second-order valence-corrected chi connectivity index (χ2v) is 6.16. The van der Waals surface area contributed by atoms with Gasteiger partial charge in [0.2, 0.25) is 0 Å². The predicted octanol–water partition coefficient (Wildman–Crippen LogP) is 0.136. The van der Waals surface area contributed by atoms with Gasteiger partial charge < -0.3 is 14.4 Å². The predicted molar refractivity (Wildman–Crippen MR) is 85.3 cm³/mol. The zero-order valence-electron chi connectivity index (χ0n) is 13.8. The van der Waals surface area contributed by atoms with Gasteiger partial charge in [-0.25, -0.2) is 4.79 Å². The third-order valence-electron chi connectivity index (χ3n) is 3.95. The molecule has 5 heteroatoms. The Morgan fingerprint density at radius 1 is 1.36 bits per heavy atom. The zero-order valence-corrected chi connectivity index (χ0v) is 13.8. The average molecular weight is 307 g/mol. The number of carbonyl (C=O) groups is 1. The van der Waals surface area contributed by atoms with Crippen molar-refractivity contribution in [3.05, 3.63) is 29.8 Å². The summed E-state index contributed by atoms with van der Waals surface area (Å²) >= 11 is 0. The van der Waals surface area contributed by atoms with Gasteiger partial charge in [-0.05, 0) is 38.6 Å². The number of ether oxygens (including phenoxy) is 2. The Kier molecular flexibility index (Phi) is 6.21. The Morgan fingerprint density at radius 3 is 2.77 bits per heavy atom. The van der Waals surface area contributed by atoms with Crippen molar-refractivity contribution in [3.63, 3.8) is 0 Å². The third kappa shape index (κ3) is 5.66. The highest BCUT2D eigenvalue weighted by Crippen LogP contribution is 2.12. The van der Waals surface area contributed by atoms with Gasteiger partial charge >= 0.3 is 5.97 Å². The van der Waals surface area contributed by atoms with Crippen LogP contribution in [0.4, 0.5) is 0 Å². The second kappa shape index (κ2) is 8.15. The number of rotatable bonds is 6. The van der Waals surface area contributed by atoms with E-state index in [0.717, 1.165) is 38.3 Å². The van der Waals surface area contributed by atoms with Gasteiger partial charge in [0.25, 0.3) is 0 Å². The molecule has 0 saturated carbocycles. The lowest BCUT2D eigenvalue weighted by molar-refractivity contribution is -0.907. The van der Waals surface area contributed by atoms with Crippen LogP contribution in [0, 0.1) is 6.92 Å². The highest BCUT2D eigenvalue weighted by Gasteiger charge is 2.21. The van der Waals surface area contributed by atoms with Crippen LogP contribution in [-0.2, 0) is 9.53 Å². The Morgan fingerprint density at radius 2 is 2.09 bits per heavy atom. The van der Waals surface area contributed by atoms with Crippen molar-refractivity contribution in [2.45, 2.75) is 20.0 Å². The molecule has 1 saturated heterocycles. The number of likely N-dealkylation sites (N-methyl/N-ethyl adjacent to an activating group) is 1. The van der Waals surface area contributed by atoms with Gasteiger partial charge in [0.05, 0.1) is 13.1 Å². The van der Waals surface area contributed by atoms with Crippen LogP contribution in [0.15, 0.2) is 24.3 Å². The molecule has 1 aliphatic heterocycles. The van der Waals surface area contributed by atoms with E-state index in [-0.39, 0.29) is 18.7 Å². The van der Waals surface area contributed by atoms with Crippen LogP contribution in [0.2, 0.25) is 0 Å². The van der Waals surface area contributed by atoms with Gasteiger partial charge in [-0.15, -0.1) is 0 Å². The Hall–Kier alpha value is -1.59. The molecule has 0 radical (unpaired) electrons. The number of piperazine rings is 1. The number of hydrogen-bond acceptors (Lipinski definition) is 4. The minimum Gasteiger partial charge on any atom is -0.482 e. The number of nitrogens with one attached hydrogen (secondary N) is 1. The molecule has 2 rings (SSSR count). The van der Waals surface area contributed by atoms with Crippen molar-refractivity contribution < 1.29 is 19.2 Å². The summed E-state index contributed by atoms with van der Waals surface area (Å²) in [6.45, 7) is 9.20. The van der Waals surface area contributed by atoms with E-state index in [9.17, 15) is 4.79 Å². The SMILES string of the molecule is Cc1cccc(OCC(=O)OC(C)C[NH+]2CCN(C)CC2)c1. The first-order chi connectivity index (χ1) is 10.5. The topological polar surface area (TPSA) is 43.2 Å². The van der Waals surface area contributed by atoms with E-state index in [2.05, 4.69) is 11.9 Å². The first kappa shape index (κ1) is 16.8. The second-order valence-electron chi connectivity index (χ2n) is 6.16. The fourth-order valence-corrected chi connectivity index (χ4v) is 2.69. The molecule has 1 aromatic carbocycles. The molecule has 0 spiro atoms. The summed E-state index contributed by atoms with van der Waals surface area (Å²) in [4.78, 5) is 15.7. The number of benzene rings is 1. The quantitative estimate of drug-likeness (QED) is 0.759. The smallest absolute Gasteiger partial charge is 0.344 e. The maximum atomic E-state index is 11.8. The molecule has 1 N–H and O–H groups in total. The lowest BCUT2D eigenvalue weighted by Gasteiger charge is -2.30. The van der Waals surface area contributed by atoms with Crippen molar-refractivity contribution in [2.24, 2.45) is 0 Å². The monoisotopic (exact) mass is 307 g/mol. The van der Waals surface area contributed by atoms with Crippen molar-refractivity contribution in [3.8, 4) is 5.75 Å². The van der Waals surface area contributed by atoms with E-state index in [1.54, 1.807) is 0 Å². The van der Waals surface area contributed by atoms with Gasteiger partial charge in [-0.3, -0.25) is 4.90 Å². The number of quaternary nitrogens is 1. The Balaban J connectivity index is 1.67. The maximum Gasteiger partial charge on any atom is 0.344 e. The first-order valence-corrected chi connectivity index (χ1v) is 7.94. The molecule has 122 valence electrons. The highest BCUT2D eigenvalue weighted by molar-refractivity contribution is 5.71. The normalized spacial score (nSPS) is 18.0. The molecule has 1 aliphatic rings. The van der Waals surface area contributed by atoms with E-state index in [1.165, 1.54) is 4.90 Å². The molecule has 0 aromatic heterocycles. The molecule has 1 unspecified atom stereocenters. The number of carbonyl (C=O) groups excluding carboxylic acids is 1. The fourth-order valence-electron chi connectivity index (χ4n) is 2.69. The molecule has 1 atom stereocenters. The van der Waals surface area contributed by atoms with Crippen LogP contribution >= 0.6 is 0 Å². The summed E-state index contributed by atoms with van der Waals surface area (Å²) in [6.07, 6.45) is -0.0768. The van der Waals surface area contributed by atoms with Crippen molar-refractivity contribution >= 4 is 5.97 Å². The molecule has 1 fully saturated rings. The Labute approximate surface area is 132 Å². The van der Waals surface area contributed by atoms with Crippen molar-refractivity contribution in [1.82, 2.24) is 4.90 Å². The van der Waals surface area contributed by atoms with E-state index in [1.807, 2.05) is 38.1 Å². The van der Waals surface area contributed by atoms with Crippen LogP contribution in [0.25, 0.3) is 0 Å². The van der Waals surface area contributed by atoms with Crippen LogP contribution in [-0.4, -0.2) is 63.4 Å². The first-order valence-electron chi connectivity index (χ1n) is 7.94. The minimum absolute atomic E-state index is 0.0358. The van der Waals surface area contributed by atoms with Gasteiger partial charge in [0, 0.05) is 13.1 Å². The van der Waals surface area contributed by atoms with Gasteiger partial charge in [0.1, 0.15) is 18.4 Å². The summed E-state index contributed by atoms with van der Waals surface area (Å²) in [5.41, 5.74) is 1.11. The molecule has 1 aromatic rings. The van der Waals surface area contributed by atoms with Crippen LogP contribution in [0.1, 0.15) is 12.5 Å². The van der Waals surface area contributed by atoms with Crippen molar-refractivity contribution in [2.75, 3.05) is 46.4 Å². The van der Waals surface area contributed by atoms with Crippen LogP contribution < -0.4 is 9.64 Å². The fraction of sp³-hybridized carbons (Fsp3) is 0.588. The molecular formula is C17H27N2O3+. The molecule has 0 bridgehead atoms. The summed E-state index contributed by atoms with van der Waals surface area (Å²) < 4.78 is 10.9. The standard InChI is InChI=1S/C17H26N2O3/c1-14-5-4-6-16(11-14)21-13-17(20)22-15(2)12-19-9-7-18(3)8-10-19/h4-6,11,15H,7-10,12-13H2,1-3H3/p+1. The summed E-state index contributed by atoms with van der Waals surface area (Å²) in [5.74, 6) is 0.400. The average Bonchev–Trinajstić information content (AvgIpc) is 2.47. The number of aryl methyl sites for hydroxylation is 1.